The minimum atomic E-state index is -0.119. The Kier molecular flexibility index (Phi) is 3.79. The number of fused-ring (bicyclic) bond motifs is 2. The summed E-state index contributed by atoms with van der Waals surface area (Å²) in [5, 5.41) is 3.32. The zero-order valence-corrected chi connectivity index (χ0v) is 15.1. The topological polar surface area (TPSA) is 61.8 Å². The van der Waals surface area contributed by atoms with E-state index in [1.165, 1.54) is 0 Å². The molecule has 136 valence electrons. The van der Waals surface area contributed by atoms with Gasteiger partial charge in [0, 0.05) is 28.9 Å². The molecule has 0 amide bonds. The SMILES string of the molecule is O=C1c2ccccc2C(=O)c2c1cccc2N1CCN=C1Nc1ccccc1. The summed E-state index contributed by atoms with van der Waals surface area (Å²) in [4.78, 5) is 32.8. The van der Waals surface area contributed by atoms with E-state index in [-0.39, 0.29) is 11.6 Å². The van der Waals surface area contributed by atoms with Crippen LogP contribution in [0.3, 0.4) is 0 Å². The molecule has 1 aliphatic carbocycles. The van der Waals surface area contributed by atoms with Gasteiger partial charge in [-0.3, -0.25) is 14.6 Å². The molecule has 0 saturated heterocycles. The second-order valence-corrected chi connectivity index (χ2v) is 6.75. The molecule has 0 aromatic heterocycles. The van der Waals surface area contributed by atoms with Crippen molar-refractivity contribution in [1.29, 1.82) is 0 Å². The van der Waals surface area contributed by atoms with Crippen molar-refractivity contribution >= 4 is 28.9 Å². The van der Waals surface area contributed by atoms with E-state index in [0.29, 0.717) is 47.0 Å². The molecule has 0 fully saturated rings. The van der Waals surface area contributed by atoms with Crippen LogP contribution in [0.4, 0.5) is 11.4 Å². The average molecular weight is 367 g/mol. The van der Waals surface area contributed by atoms with Gasteiger partial charge in [0.15, 0.2) is 11.6 Å². The number of rotatable bonds is 2. The number of carbonyl (C=O) groups is 2. The van der Waals surface area contributed by atoms with Gasteiger partial charge in [0.2, 0.25) is 5.96 Å². The first-order chi connectivity index (χ1) is 13.7. The lowest BCUT2D eigenvalue weighted by Gasteiger charge is -2.27. The standard InChI is InChI=1S/C23H17N3O2/c27-21-16-9-4-5-10-17(16)22(28)20-18(21)11-6-12-19(20)26-14-13-24-23(26)25-15-7-2-1-3-8-15/h1-12H,13-14H2,(H,24,25). The van der Waals surface area contributed by atoms with E-state index in [1.807, 2.05) is 47.4 Å². The Balaban J connectivity index is 1.58. The molecule has 0 radical (unpaired) electrons. The van der Waals surface area contributed by atoms with E-state index in [1.54, 1.807) is 30.3 Å². The van der Waals surface area contributed by atoms with Gasteiger partial charge in [-0.15, -0.1) is 0 Å². The predicted octanol–water partition coefficient (Wildman–Crippen LogP) is 3.75. The quantitative estimate of drug-likeness (QED) is 0.586. The van der Waals surface area contributed by atoms with Crippen molar-refractivity contribution in [3.05, 3.63) is 95.1 Å². The normalized spacial score (nSPS) is 15.1. The van der Waals surface area contributed by atoms with E-state index in [2.05, 4.69) is 10.3 Å². The van der Waals surface area contributed by atoms with Crippen molar-refractivity contribution in [2.45, 2.75) is 0 Å². The van der Waals surface area contributed by atoms with Crippen LogP contribution in [0.25, 0.3) is 0 Å². The molecular weight excluding hydrogens is 350 g/mol. The number of benzene rings is 3. The Morgan fingerprint density at radius 1 is 0.750 bits per heavy atom. The highest BCUT2D eigenvalue weighted by Crippen LogP contribution is 2.34. The molecule has 0 saturated carbocycles. The lowest BCUT2D eigenvalue weighted by Crippen LogP contribution is -2.35. The summed E-state index contributed by atoms with van der Waals surface area (Å²) in [5.41, 5.74) is 3.47. The molecule has 0 spiro atoms. The van der Waals surface area contributed by atoms with Crippen molar-refractivity contribution < 1.29 is 9.59 Å². The second kappa shape index (κ2) is 6.46. The van der Waals surface area contributed by atoms with Crippen LogP contribution < -0.4 is 10.2 Å². The highest BCUT2D eigenvalue weighted by atomic mass is 16.1. The molecule has 1 heterocycles. The highest BCUT2D eigenvalue weighted by molar-refractivity contribution is 6.31. The van der Waals surface area contributed by atoms with Crippen molar-refractivity contribution in [2.24, 2.45) is 4.99 Å². The van der Waals surface area contributed by atoms with Gasteiger partial charge >= 0.3 is 0 Å². The van der Waals surface area contributed by atoms with Gasteiger partial charge in [0.05, 0.1) is 17.8 Å². The van der Waals surface area contributed by atoms with Crippen LogP contribution in [0.2, 0.25) is 0 Å². The number of nitrogens with one attached hydrogen (secondary N) is 1. The monoisotopic (exact) mass is 367 g/mol. The second-order valence-electron chi connectivity index (χ2n) is 6.75. The third kappa shape index (κ3) is 2.52. The Bertz CT molecular complexity index is 1140. The first kappa shape index (κ1) is 16.4. The molecule has 3 aromatic rings. The predicted molar refractivity (Wildman–Crippen MR) is 109 cm³/mol. The summed E-state index contributed by atoms with van der Waals surface area (Å²) < 4.78 is 0. The zero-order valence-electron chi connectivity index (χ0n) is 15.1. The Hall–Kier alpha value is -3.73. The molecule has 0 bridgehead atoms. The molecule has 5 rings (SSSR count). The summed E-state index contributed by atoms with van der Waals surface area (Å²) >= 11 is 0. The van der Waals surface area contributed by atoms with Gasteiger partial charge in [-0.1, -0.05) is 54.6 Å². The molecule has 1 aliphatic heterocycles. The number of hydrogen-bond acceptors (Lipinski definition) is 5. The van der Waals surface area contributed by atoms with Gasteiger partial charge in [-0.25, -0.2) is 0 Å². The Morgan fingerprint density at radius 2 is 1.43 bits per heavy atom. The fraction of sp³-hybridized carbons (Fsp3) is 0.0870. The highest BCUT2D eigenvalue weighted by Gasteiger charge is 2.34. The summed E-state index contributed by atoms with van der Waals surface area (Å²) in [7, 11) is 0. The first-order valence-corrected chi connectivity index (χ1v) is 9.19. The maximum atomic E-state index is 13.3. The lowest BCUT2D eigenvalue weighted by molar-refractivity contribution is 0.0979. The number of guanidine groups is 1. The van der Waals surface area contributed by atoms with Crippen LogP contribution >= 0.6 is 0 Å². The lowest BCUT2D eigenvalue weighted by atomic mass is 9.83. The largest absolute Gasteiger partial charge is 0.326 e. The molecule has 2 aliphatic rings. The average Bonchev–Trinajstić information content (AvgIpc) is 3.20. The van der Waals surface area contributed by atoms with Crippen molar-refractivity contribution in [3.63, 3.8) is 0 Å². The minimum Gasteiger partial charge on any atom is -0.326 e. The summed E-state index contributed by atoms with van der Waals surface area (Å²) in [6.45, 7) is 1.27. The van der Waals surface area contributed by atoms with Gasteiger partial charge in [0.25, 0.3) is 0 Å². The number of para-hydroxylation sites is 1. The number of aliphatic imine (C=N–C) groups is 1. The first-order valence-electron chi connectivity index (χ1n) is 9.19. The van der Waals surface area contributed by atoms with Gasteiger partial charge in [-0.2, -0.15) is 0 Å². The smallest absolute Gasteiger partial charge is 0.203 e. The fourth-order valence-corrected chi connectivity index (χ4v) is 3.79. The van der Waals surface area contributed by atoms with Gasteiger partial charge in [-0.05, 0) is 18.2 Å². The molecule has 0 unspecified atom stereocenters. The molecule has 3 aromatic carbocycles. The van der Waals surface area contributed by atoms with Crippen molar-refractivity contribution in [1.82, 2.24) is 0 Å². The number of carbonyl (C=O) groups excluding carboxylic acids is 2. The summed E-state index contributed by atoms with van der Waals surface area (Å²) in [5.74, 6) is 0.450. The van der Waals surface area contributed by atoms with Crippen LogP contribution in [0.15, 0.2) is 77.8 Å². The molecule has 0 atom stereocenters. The number of nitrogens with zero attached hydrogens (tertiary/aromatic N) is 2. The van der Waals surface area contributed by atoms with Gasteiger partial charge < -0.3 is 10.2 Å². The molecule has 1 N–H and O–H groups in total. The van der Waals surface area contributed by atoms with Crippen molar-refractivity contribution in [3.8, 4) is 0 Å². The van der Waals surface area contributed by atoms with E-state index >= 15 is 0 Å². The maximum Gasteiger partial charge on any atom is 0.203 e. The molecule has 5 nitrogen and oxygen atoms in total. The van der Waals surface area contributed by atoms with Crippen LogP contribution in [-0.2, 0) is 0 Å². The summed E-state index contributed by atoms with van der Waals surface area (Å²) in [6, 6.07) is 22.2. The van der Waals surface area contributed by atoms with Gasteiger partial charge in [0.1, 0.15) is 0 Å². The van der Waals surface area contributed by atoms with E-state index in [9.17, 15) is 9.59 Å². The number of hydrogen-bond donors (Lipinski definition) is 1. The van der Waals surface area contributed by atoms with Crippen LogP contribution in [0.5, 0.6) is 0 Å². The van der Waals surface area contributed by atoms with E-state index in [4.69, 9.17) is 0 Å². The molecule has 5 heteroatoms. The van der Waals surface area contributed by atoms with Crippen LogP contribution in [-0.4, -0.2) is 30.6 Å². The van der Waals surface area contributed by atoms with Crippen LogP contribution in [0.1, 0.15) is 31.8 Å². The molecule has 28 heavy (non-hydrogen) atoms. The van der Waals surface area contributed by atoms with Crippen LogP contribution in [0, 0.1) is 0 Å². The number of ketones is 2. The third-order valence-electron chi connectivity index (χ3n) is 5.09. The van der Waals surface area contributed by atoms with Crippen molar-refractivity contribution in [2.75, 3.05) is 23.3 Å². The minimum absolute atomic E-state index is 0.110. The Labute approximate surface area is 162 Å². The summed E-state index contributed by atoms with van der Waals surface area (Å²) in [6.07, 6.45) is 0. The third-order valence-corrected chi connectivity index (χ3v) is 5.09. The molecular formula is C23H17N3O2. The number of anilines is 2. The Morgan fingerprint density at radius 3 is 2.21 bits per heavy atom. The zero-order chi connectivity index (χ0) is 19.1. The van der Waals surface area contributed by atoms with E-state index < -0.39 is 0 Å². The van der Waals surface area contributed by atoms with E-state index in [0.717, 1.165) is 5.69 Å². The maximum absolute atomic E-state index is 13.3. The fourth-order valence-electron chi connectivity index (χ4n) is 3.79.